The van der Waals surface area contributed by atoms with Gasteiger partial charge in [-0.25, -0.2) is 0 Å². The molecule has 0 fully saturated rings. The van der Waals surface area contributed by atoms with Crippen molar-refractivity contribution in [3.8, 4) is 0 Å². The number of benzene rings is 1. The number of hydrogen-bond acceptors (Lipinski definition) is 1. The van der Waals surface area contributed by atoms with E-state index in [2.05, 4.69) is 0 Å². The fourth-order valence-corrected chi connectivity index (χ4v) is 1.30. The topological polar surface area (TPSA) is 20.2 Å². The second kappa shape index (κ2) is 3.24. The van der Waals surface area contributed by atoms with Crippen LogP contribution in [0.4, 0.5) is 0 Å². The molecule has 0 spiro atoms. The van der Waals surface area contributed by atoms with Crippen LogP contribution >= 0.6 is 11.6 Å². The fraction of sp³-hybridized carbons (Fsp3) is 0.333. The van der Waals surface area contributed by atoms with E-state index in [4.69, 9.17) is 11.6 Å². The summed E-state index contributed by atoms with van der Waals surface area (Å²) in [5.41, 5.74) is 1.95. The maximum atomic E-state index is 9.21. The van der Waals surface area contributed by atoms with Crippen molar-refractivity contribution in [2.45, 2.75) is 20.0 Å². The van der Waals surface area contributed by atoms with E-state index in [1.807, 2.05) is 19.1 Å². The van der Waals surface area contributed by atoms with Gasteiger partial charge < -0.3 is 5.11 Å². The van der Waals surface area contributed by atoms with Gasteiger partial charge in [0, 0.05) is 5.02 Å². The van der Waals surface area contributed by atoms with Crippen LogP contribution in [0.25, 0.3) is 0 Å². The van der Waals surface area contributed by atoms with Gasteiger partial charge in [0.15, 0.2) is 0 Å². The smallest absolute Gasteiger partial charge is 0.0762 e. The zero-order valence-electron chi connectivity index (χ0n) is 6.63. The molecule has 0 aliphatic carbocycles. The van der Waals surface area contributed by atoms with Crippen LogP contribution in [-0.4, -0.2) is 5.11 Å². The van der Waals surface area contributed by atoms with E-state index in [9.17, 15) is 5.11 Å². The molecule has 1 atom stereocenters. The Balaban J connectivity index is 3.08. The molecule has 11 heavy (non-hydrogen) atoms. The van der Waals surface area contributed by atoms with Crippen molar-refractivity contribution < 1.29 is 5.11 Å². The number of aliphatic hydroxyl groups is 1. The Hall–Kier alpha value is -0.530. The highest BCUT2D eigenvalue weighted by atomic mass is 35.5. The van der Waals surface area contributed by atoms with Crippen molar-refractivity contribution >= 4 is 11.6 Å². The van der Waals surface area contributed by atoms with Crippen LogP contribution in [0.1, 0.15) is 24.2 Å². The molecule has 0 aliphatic rings. The zero-order valence-corrected chi connectivity index (χ0v) is 7.39. The highest BCUT2D eigenvalue weighted by molar-refractivity contribution is 6.30. The van der Waals surface area contributed by atoms with Crippen molar-refractivity contribution in [3.63, 3.8) is 0 Å². The van der Waals surface area contributed by atoms with Gasteiger partial charge in [0.05, 0.1) is 6.10 Å². The first-order chi connectivity index (χ1) is 5.09. The lowest BCUT2D eigenvalue weighted by Crippen LogP contribution is -1.91. The second-order valence-electron chi connectivity index (χ2n) is 2.74. The lowest BCUT2D eigenvalue weighted by molar-refractivity contribution is 0.199. The van der Waals surface area contributed by atoms with Gasteiger partial charge in [-0.15, -0.1) is 0 Å². The Bertz CT molecular complexity index is 235. The number of aryl methyl sites for hydroxylation is 1. The maximum Gasteiger partial charge on any atom is 0.0762 e. The molecule has 0 radical (unpaired) electrons. The van der Waals surface area contributed by atoms with Crippen LogP contribution in [0.5, 0.6) is 0 Å². The van der Waals surface area contributed by atoms with Crippen LogP contribution in [-0.2, 0) is 0 Å². The number of aliphatic hydroxyl groups excluding tert-OH is 1. The molecule has 60 valence electrons. The van der Waals surface area contributed by atoms with Crippen molar-refractivity contribution in [3.05, 3.63) is 34.3 Å². The second-order valence-corrected chi connectivity index (χ2v) is 3.17. The third-order valence-electron chi connectivity index (χ3n) is 1.55. The van der Waals surface area contributed by atoms with Crippen molar-refractivity contribution in [2.75, 3.05) is 0 Å². The lowest BCUT2D eigenvalue weighted by Gasteiger charge is -2.05. The summed E-state index contributed by atoms with van der Waals surface area (Å²) in [4.78, 5) is 0. The summed E-state index contributed by atoms with van der Waals surface area (Å²) in [7, 11) is 0. The minimum Gasteiger partial charge on any atom is -0.389 e. The molecule has 1 nitrogen and oxygen atoms in total. The zero-order chi connectivity index (χ0) is 8.43. The summed E-state index contributed by atoms with van der Waals surface area (Å²) in [5.74, 6) is 0. The fourth-order valence-electron chi connectivity index (χ4n) is 1.01. The number of halogens is 1. The van der Waals surface area contributed by atoms with Gasteiger partial charge in [0.1, 0.15) is 0 Å². The van der Waals surface area contributed by atoms with Crippen LogP contribution in [0.2, 0.25) is 5.02 Å². The summed E-state index contributed by atoms with van der Waals surface area (Å²) in [6.45, 7) is 3.68. The average Bonchev–Trinajstić information content (AvgIpc) is 1.85. The third kappa shape index (κ3) is 2.21. The summed E-state index contributed by atoms with van der Waals surface area (Å²) in [6, 6.07) is 5.57. The normalized spacial score (nSPS) is 13.1. The van der Waals surface area contributed by atoms with E-state index >= 15 is 0 Å². The molecule has 0 saturated heterocycles. The van der Waals surface area contributed by atoms with Gasteiger partial charge in [-0.1, -0.05) is 17.7 Å². The van der Waals surface area contributed by atoms with Gasteiger partial charge in [-0.05, 0) is 37.1 Å². The van der Waals surface area contributed by atoms with Gasteiger partial charge in [-0.2, -0.15) is 0 Å². The lowest BCUT2D eigenvalue weighted by atomic mass is 10.1. The van der Waals surface area contributed by atoms with E-state index in [-0.39, 0.29) is 0 Å². The summed E-state index contributed by atoms with van der Waals surface area (Å²) in [5, 5.41) is 9.90. The van der Waals surface area contributed by atoms with Crippen LogP contribution in [0, 0.1) is 6.92 Å². The molecule has 1 unspecified atom stereocenters. The monoisotopic (exact) mass is 170 g/mol. The van der Waals surface area contributed by atoms with Gasteiger partial charge in [-0.3, -0.25) is 0 Å². The molecule has 1 N–H and O–H groups in total. The summed E-state index contributed by atoms with van der Waals surface area (Å²) >= 11 is 5.78. The Labute approximate surface area is 71.6 Å². The quantitative estimate of drug-likeness (QED) is 0.687. The first kappa shape index (κ1) is 8.57. The minimum absolute atomic E-state index is 0.438. The van der Waals surface area contributed by atoms with Crippen LogP contribution in [0.3, 0.4) is 0 Å². The van der Waals surface area contributed by atoms with E-state index in [1.165, 1.54) is 0 Å². The molecular formula is C9H11ClO. The SMILES string of the molecule is Cc1cc(Cl)cc(C(C)O)c1. The standard InChI is InChI=1S/C9H11ClO/c1-6-3-8(7(2)11)5-9(10)4-6/h3-5,7,11H,1-2H3. The van der Waals surface area contributed by atoms with E-state index in [0.29, 0.717) is 5.02 Å². The third-order valence-corrected chi connectivity index (χ3v) is 1.77. The van der Waals surface area contributed by atoms with Crippen LogP contribution in [0.15, 0.2) is 18.2 Å². The largest absolute Gasteiger partial charge is 0.389 e. The maximum absolute atomic E-state index is 9.21. The first-order valence-electron chi connectivity index (χ1n) is 3.55. The minimum atomic E-state index is -0.438. The predicted molar refractivity (Wildman–Crippen MR) is 46.8 cm³/mol. The summed E-state index contributed by atoms with van der Waals surface area (Å²) in [6.07, 6.45) is -0.438. The Morgan fingerprint density at radius 3 is 2.45 bits per heavy atom. The van der Waals surface area contributed by atoms with Gasteiger partial charge in [0.2, 0.25) is 0 Å². The number of rotatable bonds is 1. The van der Waals surface area contributed by atoms with Crippen LogP contribution < -0.4 is 0 Å². The average molecular weight is 171 g/mol. The molecule has 2 heteroatoms. The Morgan fingerprint density at radius 1 is 1.36 bits per heavy atom. The highest BCUT2D eigenvalue weighted by Crippen LogP contribution is 2.19. The van der Waals surface area contributed by atoms with E-state index in [1.54, 1.807) is 13.0 Å². The van der Waals surface area contributed by atoms with E-state index in [0.717, 1.165) is 11.1 Å². The van der Waals surface area contributed by atoms with Crippen molar-refractivity contribution in [1.29, 1.82) is 0 Å². The first-order valence-corrected chi connectivity index (χ1v) is 3.92. The van der Waals surface area contributed by atoms with Crippen molar-refractivity contribution in [1.82, 2.24) is 0 Å². The molecule has 0 aromatic heterocycles. The molecule has 1 aromatic rings. The van der Waals surface area contributed by atoms with Crippen molar-refractivity contribution in [2.24, 2.45) is 0 Å². The highest BCUT2D eigenvalue weighted by Gasteiger charge is 2.01. The number of hydrogen-bond donors (Lipinski definition) is 1. The Morgan fingerprint density at radius 2 is 2.00 bits per heavy atom. The molecule has 0 amide bonds. The molecule has 0 aliphatic heterocycles. The Kier molecular flexibility index (Phi) is 2.53. The molecule has 1 aromatic carbocycles. The molecular weight excluding hydrogens is 160 g/mol. The van der Waals surface area contributed by atoms with Gasteiger partial charge >= 0.3 is 0 Å². The predicted octanol–water partition coefficient (Wildman–Crippen LogP) is 2.70. The molecule has 1 rings (SSSR count). The molecule has 0 saturated carbocycles. The molecule has 0 bridgehead atoms. The van der Waals surface area contributed by atoms with Gasteiger partial charge in [0.25, 0.3) is 0 Å². The van der Waals surface area contributed by atoms with E-state index < -0.39 is 6.10 Å². The molecule has 0 heterocycles. The summed E-state index contributed by atoms with van der Waals surface area (Å²) < 4.78 is 0.